The molecule has 0 spiro atoms. The Labute approximate surface area is 135 Å². The number of ether oxygens (including phenoxy) is 2. The van der Waals surface area contributed by atoms with Crippen LogP contribution < -0.4 is 4.74 Å². The molecule has 0 aliphatic carbocycles. The van der Waals surface area contributed by atoms with Crippen molar-refractivity contribution in [2.45, 2.75) is 33.3 Å². The van der Waals surface area contributed by atoms with Crippen LogP contribution in [-0.2, 0) is 9.53 Å². The molecule has 1 aromatic rings. The third kappa shape index (κ3) is 3.25. The van der Waals surface area contributed by atoms with E-state index in [2.05, 4.69) is 0 Å². The summed E-state index contributed by atoms with van der Waals surface area (Å²) < 4.78 is 10.8. The van der Waals surface area contributed by atoms with Crippen LogP contribution in [-0.4, -0.2) is 29.8 Å². The SMILES string of the molecule is CCOC(=O)C(=C=N)/C=C1\C(=O)c2cc(C)ccc2OC1(C)C. The average molecular weight is 313 g/mol. The topological polar surface area (TPSA) is 76.5 Å². The van der Waals surface area contributed by atoms with Crippen molar-refractivity contribution in [3.8, 4) is 5.75 Å². The number of rotatable bonds is 3. The molecular weight excluding hydrogens is 294 g/mol. The Morgan fingerprint density at radius 3 is 2.74 bits per heavy atom. The molecule has 0 radical (unpaired) electrons. The number of hydrogen-bond donors (Lipinski definition) is 1. The zero-order valence-electron chi connectivity index (χ0n) is 13.6. The molecule has 120 valence electrons. The van der Waals surface area contributed by atoms with Crippen LogP contribution in [0.15, 0.2) is 35.4 Å². The van der Waals surface area contributed by atoms with Gasteiger partial charge in [0, 0.05) is 5.57 Å². The van der Waals surface area contributed by atoms with Crippen LogP contribution in [0.25, 0.3) is 0 Å². The van der Waals surface area contributed by atoms with Gasteiger partial charge in [-0.2, -0.15) is 0 Å². The second-order valence-corrected chi connectivity index (χ2v) is 5.76. The van der Waals surface area contributed by atoms with Crippen molar-refractivity contribution in [2.75, 3.05) is 6.61 Å². The van der Waals surface area contributed by atoms with Gasteiger partial charge in [-0.1, -0.05) is 11.6 Å². The number of nitrogens with one attached hydrogen (secondary N) is 1. The van der Waals surface area contributed by atoms with Crippen LogP contribution in [0.4, 0.5) is 0 Å². The predicted octanol–water partition coefficient (Wildman–Crippen LogP) is 3.01. The number of ketones is 1. The van der Waals surface area contributed by atoms with Crippen molar-refractivity contribution >= 4 is 17.6 Å². The van der Waals surface area contributed by atoms with Gasteiger partial charge in [0.25, 0.3) is 0 Å². The molecular formula is C18H19NO4. The zero-order valence-corrected chi connectivity index (χ0v) is 13.6. The van der Waals surface area contributed by atoms with E-state index in [9.17, 15) is 9.59 Å². The van der Waals surface area contributed by atoms with Crippen molar-refractivity contribution in [1.82, 2.24) is 0 Å². The summed E-state index contributed by atoms with van der Waals surface area (Å²) in [5, 5.41) is 7.28. The fourth-order valence-corrected chi connectivity index (χ4v) is 2.40. The molecule has 5 heteroatoms. The maximum Gasteiger partial charge on any atom is 0.347 e. The maximum absolute atomic E-state index is 12.8. The fraction of sp³-hybridized carbons (Fsp3) is 0.333. The highest BCUT2D eigenvalue weighted by Gasteiger charge is 2.38. The first-order valence-corrected chi connectivity index (χ1v) is 7.33. The van der Waals surface area contributed by atoms with E-state index in [1.165, 1.54) is 6.08 Å². The van der Waals surface area contributed by atoms with Crippen molar-refractivity contribution in [3.05, 3.63) is 46.5 Å². The van der Waals surface area contributed by atoms with Crippen LogP contribution >= 0.6 is 0 Å². The van der Waals surface area contributed by atoms with E-state index in [1.54, 1.807) is 32.9 Å². The molecule has 2 rings (SSSR count). The summed E-state index contributed by atoms with van der Waals surface area (Å²) in [7, 11) is 0. The lowest BCUT2D eigenvalue weighted by Gasteiger charge is -2.34. The fourth-order valence-electron chi connectivity index (χ4n) is 2.40. The molecule has 0 atom stereocenters. The summed E-state index contributed by atoms with van der Waals surface area (Å²) in [4.78, 5) is 24.6. The van der Waals surface area contributed by atoms with Gasteiger partial charge in [-0.3, -0.25) is 10.2 Å². The van der Waals surface area contributed by atoms with Gasteiger partial charge >= 0.3 is 5.97 Å². The summed E-state index contributed by atoms with van der Waals surface area (Å²) in [6, 6.07) is 5.39. The van der Waals surface area contributed by atoms with Crippen molar-refractivity contribution < 1.29 is 19.1 Å². The Kier molecular flexibility index (Phi) is 4.52. The number of Topliss-reactive ketones (excluding diaryl/α,β-unsaturated/α-hetero) is 1. The lowest BCUT2D eigenvalue weighted by atomic mass is 9.85. The largest absolute Gasteiger partial charge is 0.482 e. The van der Waals surface area contributed by atoms with Gasteiger partial charge in [-0.15, -0.1) is 0 Å². The minimum atomic E-state index is -0.923. The lowest BCUT2D eigenvalue weighted by molar-refractivity contribution is -0.137. The molecule has 0 bridgehead atoms. The molecule has 1 aromatic carbocycles. The van der Waals surface area contributed by atoms with E-state index >= 15 is 0 Å². The second-order valence-electron chi connectivity index (χ2n) is 5.76. The molecule has 0 saturated heterocycles. The quantitative estimate of drug-likeness (QED) is 0.529. The Balaban J connectivity index is 2.53. The number of benzene rings is 1. The van der Waals surface area contributed by atoms with Gasteiger partial charge in [0.15, 0.2) is 5.78 Å². The molecule has 0 fully saturated rings. The number of hydrogen-bond acceptors (Lipinski definition) is 5. The Morgan fingerprint density at radius 2 is 2.13 bits per heavy atom. The molecule has 1 aliphatic rings. The Bertz CT molecular complexity index is 752. The second kappa shape index (κ2) is 6.23. The van der Waals surface area contributed by atoms with Gasteiger partial charge in [0.05, 0.1) is 12.2 Å². The number of carbonyl (C=O) groups is 2. The summed E-state index contributed by atoms with van der Waals surface area (Å²) in [5.74, 6) is 1.64. The Hall–Kier alpha value is -2.65. The summed E-state index contributed by atoms with van der Waals surface area (Å²) in [6.07, 6.45) is 1.33. The van der Waals surface area contributed by atoms with Crippen molar-refractivity contribution in [1.29, 1.82) is 5.41 Å². The number of esters is 1. The average Bonchev–Trinajstić information content (AvgIpc) is 2.48. The zero-order chi connectivity index (χ0) is 17.2. The van der Waals surface area contributed by atoms with E-state index in [0.717, 1.165) is 5.56 Å². The van der Waals surface area contributed by atoms with E-state index in [1.807, 2.05) is 18.9 Å². The van der Waals surface area contributed by atoms with Gasteiger partial charge < -0.3 is 9.47 Å². The van der Waals surface area contributed by atoms with E-state index in [0.29, 0.717) is 16.9 Å². The predicted molar refractivity (Wildman–Crippen MR) is 86.2 cm³/mol. The molecule has 0 unspecified atom stereocenters. The maximum atomic E-state index is 12.8. The first-order valence-electron chi connectivity index (χ1n) is 7.33. The minimum absolute atomic E-state index is 0.108. The van der Waals surface area contributed by atoms with Crippen LogP contribution in [0, 0.1) is 12.3 Å². The molecule has 0 aromatic heterocycles. The number of fused-ring (bicyclic) bond motifs is 1. The smallest absolute Gasteiger partial charge is 0.347 e. The van der Waals surface area contributed by atoms with Gasteiger partial charge in [-0.05, 0) is 51.8 Å². The van der Waals surface area contributed by atoms with E-state index in [-0.39, 0.29) is 18.0 Å². The summed E-state index contributed by atoms with van der Waals surface area (Å²) >= 11 is 0. The summed E-state index contributed by atoms with van der Waals surface area (Å²) in [5.41, 5.74) is 0.645. The molecule has 0 amide bonds. The van der Waals surface area contributed by atoms with Crippen molar-refractivity contribution in [3.63, 3.8) is 0 Å². The van der Waals surface area contributed by atoms with E-state index < -0.39 is 11.6 Å². The molecule has 23 heavy (non-hydrogen) atoms. The van der Waals surface area contributed by atoms with Crippen LogP contribution in [0.2, 0.25) is 0 Å². The normalized spacial score (nSPS) is 17.0. The van der Waals surface area contributed by atoms with Crippen LogP contribution in [0.5, 0.6) is 5.75 Å². The highest BCUT2D eigenvalue weighted by molar-refractivity contribution is 6.14. The first kappa shape index (κ1) is 16.7. The molecule has 1 N–H and O–H groups in total. The van der Waals surface area contributed by atoms with Crippen LogP contribution in [0.1, 0.15) is 36.7 Å². The molecule has 0 saturated carbocycles. The highest BCUT2D eigenvalue weighted by Crippen LogP contribution is 2.37. The third-order valence-corrected chi connectivity index (χ3v) is 3.56. The molecule has 1 aliphatic heterocycles. The van der Waals surface area contributed by atoms with Crippen molar-refractivity contribution in [2.24, 2.45) is 0 Å². The van der Waals surface area contributed by atoms with Gasteiger partial charge in [0.2, 0.25) is 0 Å². The van der Waals surface area contributed by atoms with Gasteiger partial charge in [-0.25, -0.2) is 4.79 Å². The number of aryl methyl sites for hydroxylation is 1. The minimum Gasteiger partial charge on any atom is -0.482 e. The van der Waals surface area contributed by atoms with E-state index in [4.69, 9.17) is 14.9 Å². The summed E-state index contributed by atoms with van der Waals surface area (Å²) in [6.45, 7) is 7.23. The molecule has 5 nitrogen and oxygen atoms in total. The first-order chi connectivity index (χ1) is 10.8. The number of carbonyl (C=O) groups excluding carboxylic acids is 2. The Morgan fingerprint density at radius 1 is 1.43 bits per heavy atom. The highest BCUT2D eigenvalue weighted by atomic mass is 16.5. The standard InChI is InChI=1S/C18H19NO4/c1-5-22-17(21)12(10-19)9-14-16(20)13-8-11(2)6-7-15(13)23-18(14,3)4/h6-9,19H,5H2,1-4H3/b14-9+. The molecule has 1 heterocycles. The lowest BCUT2D eigenvalue weighted by Crippen LogP contribution is -2.39. The third-order valence-electron chi connectivity index (χ3n) is 3.56. The monoisotopic (exact) mass is 313 g/mol. The van der Waals surface area contributed by atoms with Crippen LogP contribution in [0.3, 0.4) is 0 Å². The van der Waals surface area contributed by atoms with Gasteiger partial charge in [0.1, 0.15) is 16.9 Å².